The second-order valence-electron chi connectivity index (χ2n) is 7.73. The van der Waals surface area contributed by atoms with Gasteiger partial charge in [0, 0.05) is 35.6 Å². The lowest BCUT2D eigenvalue weighted by molar-refractivity contribution is 0.0593. The number of rotatable bonds is 8. The number of nitrogens with one attached hydrogen (secondary N) is 1. The number of carbonyl (C=O) groups is 1. The molecule has 0 spiro atoms. The predicted octanol–water partition coefficient (Wildman–Crippen LogP) is 4.45. The van der Waals surface area contributed by atoms with Gasteiger partial charge < -0.3 is 14.8 Å². The summed E-state index contributed by atoms with van der Waals surface area (Å²) in [6.07, 6.45) is 1.45. The number of methoxy groups -OCH3 is 1. The van der Waals surface area contributed by atoms with Crippen LogP contribution in [0.25, 0.3) is 0 Å². The molecule has 2 aromatic heterocycles. The fourth-order valence-corrected chi connectivity index (χ4v) is 3.64. The second-order valence-corrected chi connectivity index (χ2v) is 8.16. The van der Waals surface area contributed by atoms with Crippen molar-refractivity contribution in [3.63, 3.8) is 0 Å². The van der Waals surface area contributed by atoms with Crippen molar-refractivity contribution in [3.05, 3.63) is 110 Å². The molecule has 4 aromatic rings. The summed E-state index contributed by atoms with van der Waals surface area (Å²) in [6.45, 7) is 2.26. The van der Waals surface area contributed by atoms with E-state index in [2.05, 4.69) is 15.0 Å². The van der Waals surface area contributed by atoms with Gasteiger partial charge in [0.05, 0.1) is 13.7 Å². The Kier molecular flexibility index (Phi) is 7.50. The van der Waals surface area contributed by atoms with Gasteiger partial charge in [-0.25, -0.2) is 14.6 Å². The van der Waals surface area contributed by atoms with Gasteiger partial charge in [-0.05, 0) is 55.0 Å². The maximum absolute atomic E-state index is 13.1. The Labute approximate surface area is 211 Å². The van der Waals surface area contributed by atoms with Crippen LogP contribution >= 0.6 is 11.6 Å². The van der Waals surface area contributed by atoms with Gasteiger partial charge in [0.2, 0.25) is 0 Å². The van der Waals surface area contributed by atoms with Crippen molar-refractivity contribution in [1.82, 2.24) is 14.1 Å². The summed E-state index contributed by atoms with van der Waals surface area (Å²) >= 11 is 5.98. The number of anilines is 2. The smallest absolute Gasteiger partial charge is 0.356 e. The molecule has 2 heterocycles. The number of hydrogen-bond donors (Lipinski definition) is 1. The van der Waals surface area contributed by atoms with Crippen LogP contribution < -0.4 is 21.3 Å². The Balaban J connectivity index is 1.58. The molecule has 0 amide bonds. The van der Waals surface area contributed by atoms with Gasteiger partial charge in [0.1, 0.15) is 17.3 Å². The van der Waals surface area contributed by atoms with Gasteiger partial charge in [-0.2, -0.15) is 0 Å². The molecule has 0 atom stereocenters. The van der Waals surface area contributed by atoms with Crippen LogP contribution in [0.5, 0.6) is 11.5 Å². The van der Waals surface area contributed by atoms with Crippen molar-refractivity contribution >= 4 is 29.1 Å². The summed E-state index contributed by atoms with van der Waals surface area (Å²) in [6, 6.07) is 18.6. The van der Waals surface area contributed by atoms with Crippen LogP contribution in [0.2, 0.25) is 5.02 Å². The zero-order valence-corrected chi connectivity index (χ0v) is 20.4. The molecule has 9 nitrogen and oxygen atoms in total. The third-order valence-electron chi connectivity index (χ3n) is 5.34. The van der Waals surface area contributed by atoms with Gasteiger partial charge >= 0.3 is 11.7 Å². The first-order chi connectivity index (χ1) is 17.4. The van der Waals surface area contributed by atoms with E-state index in [1.807, 2.05) is 12.1 Å². The van der Waals surface area contributed by atoms with E-state index in [1.54, 1.807) is 49.4 Å². The number of nitrogens with zero attached hydrogens (tertiary/aromatic N) is 3. The molecule has 0 unspecified atom stereocenters. The molecule has 2 aromatic carbocycles. The summed E-state index contributed by atoms with van der Waals surface area (Å²) in [5.41, 5.74) is 0.829. The monoisotopic (exact) mass is 506 g/mol. The maximum atomic E-state index is 13.1. The third kappa shape index (κ3) is 5.64. The molecular weight excluding hydrogens is 484 g/mol. The van der Waals surface area contributed by atoms with E-state index in [9.17, 15) is 14.4 Å². The minimum Gasteiger partial charge on any atom is -0.464 e. The molecule has 10 heteroatoms. The van der Waals surface area contributed by atoms with Crippen molar-refractivity contribution < 1.29 is 14.3 Å². The Morgan fingerprint density at radius 2 is 1.69 bits per heavy atom. The molecule has 0 aliphatic heterocycles. The van der Waals surface area contributed by atoms with Crippen LogP contribution in [0.4, 0.5) is 11.5 Å². The number of hydrogen-bond acceptors (Lipinski definition) is 7. The summed E-state index contributed by atoms with van der Waals surface area (Å²) in [4.78, 5) is 41.2. The maximum Gasteiger partial charge on any atom is 0.356 e. The second kappa shape index (κ2) is 10.9. The Bertz CT molecular complexity index is 1500. The van der Waals surface area contributed by atoms with E-state index < -0.39 is 17.2 Å². The van der Waals surface area contributed by atoms with E-state index in [4.69, 9.17) is 16.3 Å². The van der Waals surface area contributed by atoms with Crippen molar-refractivity contribution in [1.29, 1.82) is 0 Å². The molecule has 0 aliphatic rings. The van der Waals surface area contributed by atoms with E-state index in [-0.39, 0.29) is 18.8 Å². The standard InChI is InChI=1S/C26H23ClN4O5/c1-3-30-24(32)15-23(31(26(30)34)16-17-4-6-18(27)7-5-17)29-19-8-10-20(11-9-19)36-21-12-13-28-22(14-21)25(33)35-2/h4-15,29H,3,16H2,1-2H3. The Morgan fingerprint density at radius 1 is 0.972 bits per heavy atom. The molecule has 0 bridgehead atoms. The average molecular weight is 507 g/mol. The largest absolute Gasteiger partial charge is 0.464 e. The average Bonchev–Trinajstić information content (AvgIpc) is 2.88. The van der Waals surface area contributed by atoms with Crippen molar-refractivity contribution in [2.45, 2.75) is 20.0 Å². The first-order valence-electron chi connectivity index (χ1n) is 11.1. The SMILES string of the molecule is CCn1c(=O)cc(Nc2ccc(Oc3ccnc(C(=O)OC)c3)cc2)n(Cc2ccc(Cl)cc2)c1=O. The number of carbonyl (C=O) groups excluding carboxylic acids is 1. The predicted molar refractivity (Wildman–Crippen MR) is 137 cm³/mol. The van der Waals surface area contributed by atoms with E-state index in [0.29, 0.717) is 28.0 Å². The number of aromatic nitrogens is 3. The first-order valence-corrected chi connectivity index (χ1v) is 11.4. The zero-order chi connectivity index (χ0) is 25.7. The first kappa shape index (κ1) is 24.7. The number of ether oxygens (including phenoxy) is 2. The fourth-order valence-electron chi connectivity index (χ4n) is 3.52. The number of esters is 1. The van der Waals surface area contributed by atoms with Gasteiger partial charge in [0.15, 0.2) is 5.69 Å². The molecule has 0 aliphatic carbocycles. The van der Waals surface area contributed by atoms with Crippen molar-refractivity contribution in [2.75, 3.05) is 12.4 Å². The zero-order valence-electron chi connectivity index (χ0n) is 19.6. The van der Waals surface area contributed by atoms with Gasteiger partial charge in [-0.3, -0.25) is 13.9 Å². The Morgan fingerprint density at radius 3 is 2.36 bits per heavy atom. The molecule has 4 rings (SSSR count). The molecule has 1 N–H and O–H groups in total. The van der Waals surface area contributed by atoms with E-state index in [0.717, 1.165) is 5.56 Å². The molecule has 0 fully saturated rings. The van der Waals surface area contributed by atoms with Crippen LogP contribution in [0.3, 0.4) is 0 Å². The highest BCUT2D eigenvalue weighted by atomic mass is 35.5. The number of pyridine rings is 1. The van der Waals surface area contributed by atoms with Crippen molar-refractivity contribution in [3.8, 4) is 11.5 Å². The normalized spacial score (nSPS) is 10.6. The lowest BCUT2D eigenvalue weighted by Gasteiger charge is -2.17. The molecule has 184 valence electrons. The molecule has 36 heavy (non-hydrogen) atoms. The highest BCUT2D eigenvalue weighted by Gasteiger charge is 2.12. The quantitative estimate of drug-likeness (QED) is 0.352. The van der Waals surface area contributed by atoms with Crippen LogP contribution in [-0.2, 0) is 17.8 Å². The molecular formula is C26H23ClN4O5. The van der Waals surface area contributed by atoms with E-state index in [1.165, 1.54) is 34.6 Å². The summed E-state index contributed by atoms with van der Waals surface area (Å²) in [5.74, 6) is 0.735. The van der Waals surface area contributed by atoms with Crippen molar-refractivity contribution in [2.24, 2.45) is 0 Å². The molecule has 0 saturated carbocycles. The minimum atomic E-state index is -0.561. The van der Waals surface area contributed by atoms with Crippen LogP contribution in [0.1, 0.15) is 23.0 Å². The molecule has 0 saturated heterocycles. The van der Waals surface area contributed by atoms with Gasteiger partial charge in [0.25, 0.3) is 5.56 Å². The Hall–Kier alpha value is -4.37. The highest BCUT2D eigenvalue weighted by molar-refractivity contribution is 6.30. The lowest BCUT2D eigenvalue weighted by atomic mass is 10.2. The minimum absolute atomic E-state index is 0.133. The topological polar surface area (TPSA) is 104 Å². The number of benzene rings is 2. The van der Waals surface area contributed by atoms with Gasteiger partial charge in [-0.15, -0.1) is 0 Å². The lowest BCUT2D eigenvalue weighted by Crippen LogP contribution is -2.40. The molecule has 0 radical (unpaired) electrons. The van der Waals surface area contributed by atoms with Crippen LogP contribution in [0.15, 0.2) is 82.5 Å². The van der Waals surface area contributed by atoms with Crippen LogP contribution in [0, 0.1) is 0 Å². The summed E-state index contributed by atoms with van der Waals surface area (Å²) < 4.78 is 13.2. The van der Waals surface area contributed by atoms with Gasteiger partial charge in [-0.1, -0.05) is 23.7 Å². The highest BCUT2D eigenvalue weighted by Crippen LogP contribution is 2.25. The number of halogens is 1. The third-order valence-corrected chi connectivity index (χ3v) is 5.59. The van der Waals surface area contributed by atoms with E-state index >= 15 is 0 Å². The fraction of sp³-hybridized carbons (Fsp3) is 0.154. The summed E-state index contributed by atoms with van der Waals surface area (Å²) in [5, 5.41) is 3.75. The summed E-state index contributed by atoms with van der Waals surface area (Å²) in [7, 11) is 1.28. The van der Waals surface area contributed by atoms with Crippen LogP contribution in [-0.4, -0.2) is 27.2 Å².